The van der Waals surface area contributed by atoms with Gasteiger partial charge < -0.3 is 10.1 Å². The smallest absolute Gasteiger partial charge is 0.152 e. The van der Waals surface area contributed by atoms with Crippen molar-refractivity contribution in [1.29, 1.82) is 5.26 Å². The van der Waals surface area contributed by atoms with Gasteiger partial charge in [-0.2, -0.15) is 5.26 Å². The van der Waals surface area contributed by atoms with Crippen LogP contribution in [0.5, 0.6) is 5.75 Å². The van der Waals surface area contributed by atoms with Gasteiger partial charge in [0.2, 0.25) is 0 Å². The Bertz CT molecular complexity index is 658. The number of fused-ring (bicyclic) bond motifs is 1. The van der Waals surface area contributed by atoms with Crippen molar-refractivity contribution in [2.24, 2.45) is 0 Å². The van der Waals surface area contributed by atoms with E-state index in [0.29, 0.717) is 0 Å². The summed E-state index contributed by atoms with van der Waals surface area (Å²) < 4.78 is 5.38. The third-order valence-electron chi connectivity index (χ3n) is 3.81. The van der Waals surface area contributed by atoms with E-state index in [4.69, 9.17) is 4.74 Å². The minimum Gasteiger partial charge on any atom is -0.495 e. The van der Waals surface area contributed by atoms with E-state index < -0.39 is 5.54 Å². The second-order valence-corrected chi connectivity index (χ2v) is 5.95. The fraction of sp³-hybridized carbons (Fsp3) is 0.312. The number of nitriles is 1. The molecule has 102 valence electrons. The minimum absolute atomic E-state index is 0.637. The summed E-state index contributed by atoms with van der Waals surface area (Å²) in [5.74, 6) is 0.768. The van der Waals surface area contributed by atoms with E-state index in [2.05, 4.69) is 22.8 Å². The zero-order valence-corrected chi connectivity index (χ0v) is 12.2. The molecule has 1 aromatic carbocycles. The Morgan fingerprint density at radius 1 is 1.35 bits per heavy atom. The number of rotatable bonds is 3. The number of ether oxygens (including phenoxy) is 1. The van der Waals surface area contributed by atoms with Crippen LogP contribution in [-0.4, -0.2) is 7.11 Å². The molecule has 1 aromatic heterocycles. The van der Waals surface area contributed by atoms with E-state index in [-0.39, 0.29) is 0 Å². The van der Waals surface area contributed by atoms with Gasteiger partial charge in [0, 0.05) is 10.4 Å². The molecule has 1 heterocycles. The van der Waals surface area contributed by atoms with Crippen molar-refractivity contribution in [3.05, 3.63) is 46.2 Å². The number of para-hydroxylation sites is 2. The molecule has 1 unspecified atom stereocenters. The molecular formula is C16H16N2OS. The van der Waals surface area contributed by atoms with E-state index in [1.807, 2.05) is 24.3 Å². The third kappa shape index (κ3) is 2.04. The number of benzene rings is 1. The first-order valence-corrected chi connectivity index (χ1v) is 7.56. The molecule has 1 aliphatic carbocycles. The molecule has 0 saturated carbocycles. The lowest BCUT2D eigenvalue weighted by Gasteiger charge is -2.33. The molecule has 3 rings (SSSR count). The summed E-state index contributed by atoms with van der Waals surface area (Å²) in [6.45, 7) is 0. The number of nitrogens with one attached hydrogen (secondary N) is 1. The van der Waals surface area contributed by atoms with Crippen LogP contribution in [0.1, 0.15) is 23.3 Å². The zero-order valence-electron chi connectivity index (χ0n) is 11.3. The number of nitrogens with zero attached hydrogens (tertiary/aromatic N) is 1. The standard InChI is InChI=1S/C16H16N2OS/c1-19-14-6-3-2-5-13(14)18-16(11-17)9-4-7-15-12(16)8-10-20-15/h2-3,5-6,8,10,18H,4,7,9H2,1H3. The largest absolute Gasteiger partial charge is 0.495 e. The Labute approximate surface area is 122 Å². The number of hydrogen-bond donors (Lipinski definition) is 1. The number of methoxy groups -OCH3 is 1. The Kier molecular flexibility index (Phi) is 3.37. The molecule has 0 radical (unpaired) electrons. The average Bonchev–Trinajstić information content (AvgIpc) is 2.97. The maximum Gasteiger partial charge on any atom is 0.152 e. The highest BCUT2D eigenvalue weighted by Crippen LogP contribution is 2.41. The molecule has 1 atom stereocenters. The quantitative estimate of drug-likeness (QED) is 0.929. The second kappa shape index (κ2) is 5.18. The number of thiophene rings is 1. The number of anilines is 1. The predicted octanol–water partition coefficient (Wildman–Crippen LogP) is 3.92. The van der Waals surface area contributed by atoms with Gasteiger partial charge in [-0.05, 0) is 42.8 Å². The van der Waals surface area contributed by atoms with E-state index in [9.17, 15) is 5.26 Å². The van der Waals surface area contributed by atoms with Crippen LogP contribution in [0.15, 0.2) is 35.7 Å². The summed E-state index contributed by atoms with van der Waals surface area (Å²) in [6.07, 6.45) is 2.93. The van der Waals surface area contributed by atoms with Gasteiger partial charge in [-0.1, -0.05) is 12.1 Å². The van der Waals surface area contributed by atoms with Crippen molar-refractivity contribution in [2.45, 2.75) is 24.8 Å². The van der Waals surface area contributed by atoms with Crippen molar-refractivity contribution in [3.63, 3.8) is 0 Å². The summed E-state index contributed by atoms with van der Waals surface area (Å²) in [5, 5.41) is 15.3. The summed E-state index contributed by atoms with van der Waals surface area (Å²) in [7, 11) is 1.65. The minimum atomic E-state index is -0.637. The Morgan fingerprint density at radius 3 is 3.00 bits per heavy atom. The van der Waals surface area contributed by atoms with Crippen LogP contribution >= 0.6 is 11.3 Å². The molecule has 0 aliphatic heterocycles. The Hall–Kier alpha value is -1.99. The molecule has 2 aromatic rings. The fourth-order valence-electron chi connectivity index (χ4n) is 2.81. The first-order valence-electron chi connectivity index (χ1n) is 6.68. The van der Waals surface area contributed by atoms with Gasteiger partial charge in [0.25, 0.3) is 0 Å². The zero-order chi connectivity index (χ0) is 14.0. The molecule has 1 aliphatic rings. The topological polar surface area (TPSA) is 45.0 Å². The van der Waals surface area contributed by atoms with Crippen molar-refractivity contribution in [1.82, 2.24) is 0 Å². The first kappa shape index (κ1) is 13.0. The van der Waals surface area contributed by atoms with Crippen LogP contribution in [0.3, 0.4) is 0 Å². The Morgan fingerprint density at radius 2 is 2.20 bits per heavy atom. The van der Waals surface area contributed by atoms with Crippen molar-refractivity contribution in [3.8, 4) is 11.8 Å². The summed E-state index contributed by atoms with van der Waals surface area (Å²) in [6, 6.07) is 12.3. The second-order valence-electron chi connectivity index (χ2n) is 4.95. The normalized spacial score (nSPS) is 20.8. The van der Waals surface area contributed by atoms with Crippen LogP contribution in [-0.2, 0) is 12.0 Å². The van der Waals surface area contributed by atoms with E-state index in [1.165, 1.54) is 4.88 Å². The van der Waals surface area contributed by atoms with Crippen LogP contribution < -0.4 is 10.1 Å². The van der Waals surface area contributed by atoms with Crippen LogP contribution in [0.25, 0.3) is 0 Å². The van der Waals surface area contributed by atoms with Crippen LogP contribution in [0.4, 0.5) is 5.69 Å². The predicted molar refractivity (Wildman–Crippen MR) is 81.2 cm³/mol. The van der Waals surface area contributed by atoms with Crippen LogP contribution in [0.2, 0.25) is 0 Å². The highest BCUT2D eigenvalue weighted by atomic mass is 32.1. The van der Waals surface area contributed by atoms with Crippen molar-refractivity contribution < 1.29 is 4.74 Å². The monoisotopic (exact) mass is 284 g/mol. The SMILES string of the molecule is COc1ccccc1NC1(C#N)CCCc2sccc21. The number of aryl methyl sites for hydroxylation is 1. The van der Waals surface area contributed by atoms with Gasteiger partial charge in [0.05, 0.1) is 18.9 Å². The molecule has 20 heavy (non-hydrogen) atoms. The fourth-order valence-corrected chi connectivity index (χ4v) is 3.81. The molecular weight excluding hydrogens is 268 g/mol. The van der Waals surface area contributed by atoms with Gasteiger partial charge in [-0.15, -0.1) is 11.3 Å². The molecule has 0 amide bonds. The molecule has 4 heteroatoms. The van der Waals surface area contributed by atoms with Gasteiger partial charge in [0.15, 0.2) is 5.54 Å². The molecule has 0 bridgehead atoms. The highest BCUT2D eigenvalue weighted by molar-refractivity contribution is 7.10. The maximum atomic E-state index is 9.78. The molecule has 0 fully saturated rings. The van der Waals surface area contributed by atoms with Crippen molar-refractivity contribution in [2.75, 3.05) is 12.4 Å². The lowest BCUT2D eigenvalue weighted by Crippen LogP contribution is -2.36. The van der Waals surface area contributed by atoms with Gasteiger partial charge in [-0.3, -0.25) is 0 Å². The molecule has 1 N–H and O–H groups in total. The molecule has 0 spiro atoms. The summed E-state index contributed by atoms with van der Waals surface area (Å²) in [5.41, 5.74) is 1.36. The van der Waals surface area contributed by atoms with E-state index >= 15 is 0 Å². The average molecular weight is 284 g/mol. The van der Waals surface area contributed by atoms with Gasteiger partial charge >= 0.3 is 0 Å². The lowest BCUT2D eigenvalue weighted by molar-refractivity contribution is 0.413. The van der Waals surface area contributed by atoms with E-state index in [1.54, 1.807) is 18.4 Å². The first-order chi connectivity index (χ1) is 9.79. The molecule has 0 saturated heterocycles. The van der Waals surface area contributed by atoms with E-state index in [0.717, 1.165) is 36.3 Å². The number of hydrogen-bond acceptors (Lipinski definition) is 4. The van der Waals surface area contributed by atoms with Crippen molar-refractivity contribution >= 4 is 17.0 Å². The summed E-state index contributed by atoms with van der Waals surface area (Å²) in [4.78, 5) is 1.32. The van der Waals surface area contributed by atoms with Crippen LogP contribution in [0, 0.1) is 11.3 Å². The molecule has 3 nitrogen and oxygen atoms in total. The van der Waals surface area contributed by atoms with Gasteiger partial charge in [0.1, 0.15) is 5.75 Å². The summed E-state index contributed by atoms with van der Waals surface area (Å²) >= 11 is 1.74. The van der Waals surface area contributed by atoms with Gasteiger partial charge in [-0.25, -0.2) is 0 Å². The Balaban J connectivity index is 2.02. The lowest BCUT2D eigenvalue weighted by atomic mass is 9.81. The highest BCUT2D eigenvalue weighted by Gasteiger charge is 2.38. The maximum absolute atomic E-state index is 9.78. The third-order valence-corrected chi connectivity index (χ3v) is 4.79.